The number of ketones is 1. The molecule has 1 aromatic carbocycles. The van der Waals surface area contributed by atoms with Gasteiger partial charge in [0.25, 0.3) is 10.0 Å². The van der Waals surface area contributed by atoms with E-state index in [0.29, 0.717) is 5.92 Å². The standard InChI is InChI=1S/C21H28N2O5S/c1-12-4-8-14(9-5-12)29(25,26)23-22-20-18-15(27-2)10-6-13-7-11-16(28-3)19(17(13)18)21(20)24/h4-5,8-9,13,15-19,23H,6-7,10-11H2,1-3H3/b22-20-. The van der Waals surface area contributed by atoms with Crippen LogP contribution in [0.15, 0.2) is 34.3 Å². The molecule has 4 rings (SSSR count). The zero-order chi connectivity index (χ0) is 20.8. The van der Waals surface area contributed by atoms with Gasteiger partial charge >= 0.3 is 0 Å². The van der Waals surface area contributed by atoms with Crippen LogP contribution >= 0.6 is 0 Å². The van der Waals surface area contributed by atoms with E-state index in [1.165, 1.54) is 12.1 Å². The van der Waals surface area contributed by atoms with Crippen molar-refractivity contribution in [2.75, 3.05) is 14.2 Å². The van der Waals surface area contributed by atoms with E-state index >= 15 is 0 Å². The average molecular weight is 421 g/mol. The lowest BCUT2D eigenvalue weighted by Crippen LogP contribution is -2.46. The van der Waals surface area contributed by atoms with Crippen LogP contribution in [0.1, 0.15) is 31.2 Å². The number of sulfonamides is 1. The highest BCUT2D eigenvalue weighted by molar-refractivity contribution is 7.89. The van der Waals surface area contributed by atoms with Gasteiger partial charge in [-0.2, -0.15) is 18.4 Å². The first kappa shape index (κ1) is 20.5. The summed E-state index contributed by atoms with van der Waals surface area (Å²) >= 11 is 0. The van der Waals surface area contributed by atoms with Crippen molar-refractivity contribution >= 4 is 21.5 Å². The van der Waals surface area contributed by atoms with E-state index in [1.54, 1.807) is 26.4 Å². The molecule has 29 heavy (non-hydrogen) atoms. The van der Waals surface area contributed by atoms with Crippen molar-refractivity contribution in [1.82, 2.24) is 4.83 Å². The molecule has 8 heteroatoms. The third-order valence-electron chi connectivity index (χ3n) is 6.91. The Morgan fingerprint density at radius 3 is 2.14 bits per heavy atom. The van der Waals surface area contributed by atoms with Gasteiger partial charge in [-0.3, -0.25) is 4.79 Å². The second-order valence-corrected chi connectivity index (χ2v) is 10.0. The van der Waals surface area contributed by atoms with Crippen LogP contribution in [0.5, 0.6) is 0 Å². The molecular weight excluding hydrogens is 392 g/mol. The number of aryl methyl sites for hydroxylation is 1. The topological polar surface area (TPSA) is 94.1 Å². The second-order valence-electron chi connectivity index (χ2n) is 8.36. The SMILES string of the molecule is COC1CCC2CCC(OC)C3/C(=N/NS(=O)(=O)c4ccc(C)cc4)C(=O)C1C23. The fraction of sp³-hybridized carbons (Fsp3) is 0.619. The monoisotopic (exact) mass is 420 g/mol. The molecule has 0 aliphatic heterocycles. The molecule has 158 valence electrons. The van der Waals surface area contributed by atoms with Gasteiger partial charge in [0.05, 0.1) is 23.0 Å². The highest BCUT2D eigenvalue weighted by atomic mass is 32.2. The van der Waals surface area contributed by atoms with Crippen LogP contribution in [-0.2, 0) is 24.3 Å². The Bertz CT molecular complexity index is 910. The van der Waals surface area contributed by atoms with E-state index in [1.807, 2.05) is 6.92 Å². The fourth-order valence-corrected chi connectivity index (χ4v) is 6.34. The maximum absolute atomic E-state index is 13.3. The van der Waals surface area contributed by atoms with Crippen LogP contribution in [0.25, 0.3) is 0 Å². The maximum atomic E-state index is 13.3. The Morgan fingerprint density at radius 2 is 1.55 bits per heavy atom. The summed E-state index contributed by atoms with van der Waals surface area (Å²) in [5, 5.41) is 4.18. The molecule has 3 aliphatic carbocycles. The zero-order valence-electron chi connectivity index (χ0n) is 17.0. The number of nitrogens with zero attached hydrogens (tertiary/aromatic N) is 1. The maximum Gasteiger partial charge on any atom is 0.276 e. The Kier molecular flexibility index (Phi) is 5.52. The first-order chi connectivity index (χ1) is 13.9. The number of benzene rings is 1. The van der Waals surface area contributed by atoms with Gasteiger partial charge in [-0.15, -0.1) is 0 Å². The van der Waals surface area contributed by atoms with E-state index in [0.717, 1.165) is 31.2 Å². The predicted molar refractivity (Wildman–Crippen MR) is 108 cm³/mol. The molecule has 0 heterocycles. The van der Waals surface area contributed by atoms with Crippen molar-refractivity contribution in [2.45, 2.75) is 49.7 Å². The number of hydrogen-bond acceptors (Lipinski definition) is 6. The summed E-state index contributed by atoms with van der Waals surface area (Å²) in [6, 6.07) is 6.52. The van der Waals surface area contributed by atoms with Gasteiger partial charge in [-0.1, -0.05) is 17.7 Å². The molecule has 6 atom stereocenters. The van der Waals surface area contributed by atoms with Crippen molar-refractivity contribution in [3.8, 4) is 0 Å². The molecule has 3 saturated carbocycles. The average Bonchev–Trinajstić information content (AvgIpc) is 3.01. The van der Waals surface area contributed by atoms with Crippen LogP contribution in [-0.4, -0.2) is 46.3 Å². The van der Waals surface area contributed by atoms with E-state index in [4.69, 9.17) is 9.47 Å². The van der Waals surface area contributed by atoms with E-state index in [-0.39, 0.29) is 46.4 Å². The first-order valence-electron chi connectivity index (χ1n) is 10.1. The highest BCUT2D eigenvalue weighted by Crippen LogP contribution is 2.53. The zero-order valence-corrected chi connectivity index (χ0v) is 17.8. The molecule has 0 aromatic heterocycles. The number of carbonyl (C=O) groups is 1. The van der Waals surface area contributed by atoms with Crippen LogP contribution < -0.4 is 4.83 Å². The Balaban J connectivity index is 1.68. The van der Waals surface area contributed by atoms with Crippen LogP contribution in [0.4, 0.5) is 0 Å². The summed E-state index contributed by atoms with van der Waals surface area (Å²) in [7, 11) is -0.569. The quantitative estimate of drug-likeness (QED) is 0.738. The third kappa shape index (κ3) is 3.51. The summed E-state index contributed by atoms with van der Waals surface area (Å²) in [5.41, 5.74) is 1.25. The molecular formula is C21H28N2O5S. The molecule has 6 unspecified atom stereocenters. The third-order valence-corrected chi connectivity index (χ3v) is 8.14. The molecule has 1 N–H and O–H groups in total. The summed E-state index contributed by atoms with van der Waals surface area (Å²) in [6.07, 6.45) is 3.45. The lowest BCUT2D eigenvalue weighted by molar-refractivity contribution is -0.128. The van der Waals surface area contributed by atoms with Gasteiger partial charge < -0.3 is 9.47 Å². The van der Waals surface area contributed by atoms with E-state index in [2.05, 4.69) is 9.93 Å². The van der Waals surface area contributed by atoms with Gasteiger partial charge in [0.1, 0.15) is 5.71 Å². The van der Waals surface area contributed by atoms with Crippen molar-refractivity contribution < 1.29 is 22.7 Å². The number of nitrogens with one attached hydrogen (secondary N) is 1. The Hall–Kier alpha value is -1.77. The summed E-state index contributed by atoms with van der Waals surface area (Å²) < 4.78 is 36.7. The van der Waals surface area contributed by atoms with Gasteiger partial charge in [0.15, 0.2) is 5.78 Å². The summed E-state index contributed by atoms with van der Waals surface area (Å²) in [5.74, 6) is -0.0537. The largest absolute Gasteiger partial charge is 0.381 e. The number of ether oxygens (including phenoxy) is 2. The van der Waals surface area contributed by atoms with Crippen LogP contribution in [0.3, 0.4) is 0 Å². The van der Waals surface area contributed by atoms with Crippen LogP contribution in [0.2, 0.25) is 0 Å². The molecule has 1 aromatic rings. The number of hydrazone groups is 1. The van der Waals surface area contributed by atoms with Gasteiger partial charge in [-0.05, 0) is 56.6 Å². The first-order valence-corrected chi connectivity index (χ1v) is 11.6. The molecule has 0 spiro atoms. The lowest BCUT2D eigenvalue weighted by atomic mass is 9.63. The van der Waals surface area contributed by atoms with E-state index in [9.17, 15) is 13.2 Å². The van der Waals surface area contributed by atoms with Gasteiger partial charge in [0.2, 0.25) is 0 Å². The normalized spacial score (nSPS) is 35.6. The molecule has 0 amide bonds. The summed E-state index contributed by atoms with van der Waals surface area (Å²) in [6.45, 7) is 1.89. The minimum atomic E-state index is -3.85. The Labute approximate surface area is 171 Å². The smallest absolute Gasteiger partial charge is 0.276 e. The molecule has 3 aliphatic rings. The van der Waals surface area contributed by atoms with Gasteiger partial charge in [0, 0.05) is 20.1 Å². The fourth-order valence-electron chi connectivity index (χ4n) is 5.53. The number of methoxy groups -OCH3 is 2. The molecule has 0 radical (unpaired) electrons. The number of carbonyl (C=O) groups excluding carboxylic acids is 1. The van der Waals surface area contributed by atoms with Gasteiger partial charge in [-0.25, -0.2) is 0 Å². The predicted octanol–water partition coefficient (Wildman–Crippen LogP) is 2.29. The lowest BCUT2D eigenvalue weighted by Gasteiger charge is -2.45. The second kappa shape index (κ2) is 7.81. The molecule has 0 saturated heterocycles. The molecule has 7 nitrogen and oxygen atoms in total. The Morgan fingerprint density at radius 1 is 0.966 bits per heavy atom. The molecule has 0 bridgehead atoms. The van der Waals surface area contributed by atoms with E-state index < -0.39 is 10.0 Å². The number of Topliss-reactive ketones (excluding diaryl/α,β-unsaturated/α-hetero) is 1. The van der Waals surface area contributed by atoms with Crippen molar-refractivity contribution in [3.05, 3.63) is 29.8 Å². The minimum absolute atomic E-state index is 0.0996. The van der Waals surface area contributed by atoms with Crippen molar-refractivity contribution in [3.63, 3.8) is 0 Å². The number of hydrogen-bond donors (Lipinski definition) is 1. The van der Waals surface area contributed by atoms with Crippen molar-refractivity contribution in [1.29, 1.82) is 0 Å². The number of rotatable bonds is 5. The minimum Gasteiger partial charge on any atom is -0.381 e. The highest BCUT2D eigenvalue weighted by Gasteiger charge is 2.59. The van der Waals surface area contributed by atoms with Crippen molar-refractivity contribution in [2.24, 2.45) is 28.8 Å². The molecule has 3 fully saturated rings. The summed E-state index contributed by atoms with van der Waals surface area (Å²) in [4.78, 5) is 15.7. The van der Waals surface area contributed by atoms with Crippen LogP contribution in [0, 0.1) is 30.6 Å².